The van der Waals surface area contributed by atoms with E-state index in [0.29, 0.717) is 28.1 Å². The summed E-state index contributed by atoms with van der Waals surface area (Å²) in [5.74, 6) is -0.114. The molecule has 32 heavy (non-hydrogen) atoms. The van der Waals surface area contributed by atoms with Crippen molar-refractivity contribution in [3.05, 3.63) is 52.1 Å². The van der Waals surface area contributed by atoms with Crippen LogP contribution in [-0.2, 0) is 14.3 Å². The molecule has 0 atom stereocenters. The minimum atomic E-state index is -0.553. The number of hydrogen-bond donors (Lipinski definition) is 1. The summed E-state index contributed by atoms with van der Waals surface area (Å²) in [6, 6.07) is 9.89. The van der Waals surface area contributed by atoms with Gasteiger partial charge in [-0.1, -0.05) is 15.9 Å². The number of ether oxygens (including phenoxy) is 3. The Labute approximate surface area is 199 Å². The first kappa shape index (κ1) is 23.6. The summed E-state index contributed by atoms with van der Waals surface area (Å²) in [6.45, 7) is 1.91. The largest absolute Gasteiger partial charge is 0.504 e. The van der Waals surface area contributed by atoms with Gasteiger partial charge in [0, 0.05) is 4.47 Å². The number of carbonyl (C=O) groups excluding carboxylic acids is 2. The van der Waals surface area contributed by atoms with Crippen molar-refractivity contribution in [2.24, 2.45) is 0 Å². The fourth-order valence-corrected chi connectivity index (χ4v) is 3.87. The maximum Gasteiger partial charge on any atom is 0.325 e. The van der Waals surface area contributed by atoms with Crippen molar-refractivity contribution >= 4 is 56.9 Å². The molecule has 2 aromatic carbocycles. The molecule has 0 radical (unpaired) electrons. The van der Waals surface area contributed by atoms with Crippen LogP contribution in [0, 0.1) is 0 Å². The molecule has 0 spiro atoms. The van der Waals surface area contributed by atoms with Crippen LogP contribution in [0.2, 0.25) is 0 Å². The summed E-state index contributed by atoms with van der Waals surface area (Å²) in [7, 11) is 2.81. The first-order chi connectivity index (χ1) is 15.3. The number of hydrogen-bond acceptors (Lipinski definition) is 7. The van der Waals surface area contributed by atoms with Gasteiger partial charge in [-0.2, -0.15) is 0 Å². The Morgan fingerprint density at radius 2 is 1.91 bits per heavy atom. The van der Waals surface area contributed by atoms with Gasteiger partial charge in [0.1, 0.15) is 18.0 Å². The Balaban J connectivity index is 2.08. The molecule has 3 rings (SSSR count). The van der Waals surface area contributed by atoms with Crippen LogP contribution in [0.25, 0.3) is 6.08 Å². The number of rotatable bonds is 7. The lowest BCUT2D eigenvalue weighted by molar-refractivity contribution is -0.140. The number of phenols is 1. The Morgan fingerprint density at radius 3 is 2.50 bits per heavy atom. The van der Waals surface area contributed by atoms with Gasteiger partial charge in [-0.15, -0.1) is 0 Å². The summed E-state index contributed by atoms with van der Waals surface area (Å²) in [4.78, 5) is 28.2. The summed E-state index contributed by atoms with van der Waals surface area (Å²) in [5, 5.41) is 10.2. The molecule has 1 aliphatic heterocycles. The smallest absolute Gasteiger partial charge is 0.325 e. The van der Waals surface area contributed by atoms with Crippen LogP contribution in [0.3, 0.4) is 0 Å². The molecule has 8 nitrogen and oxygen atoms in total. The lowest BCUT2D eigenvalue weighted by Gasteiger charge is -2.19. The van der Waals surface area contributed by atoms with Crippen LogP contribution in [0.4, 0.5) is 5.69 Å². The number of aromatic hydroxyl groups is 1. The van der Waals surface area contributed by atoms with E-state index in [1.54, 1.807) is 50.4 Å². The van der Waals surface area contributed by atoms with Crippen molar-refractivity contribution in [2.45, 2.75) is 6.92 Å². The van der Waals surface area contributed by atoms with Gasteiger partial charge in [0.15, 0.2) is 16.6 Å². The molecule has 2 aromatic rings. The number of nitrogens with zero attached hydrogens (tertiary/aromatic N) is 2. The third kappa shape index (κ3) is 4.71. The van der Waals surface area contributed by atoms with Gasteiger partial charge >= 0.3 is 5.97 Å². The second kappa shape index (κ2) is 10.0. The van der Waals surface area contributed by atoms with E-state index in [4.69, 9.17) is 26.4 Å². The quantitative estimate of drug-likeness (QED) is 0.335. The molecule has 1 N–H and O–H groups in total. The molecular weight excluding hydrogens is 500 g/mol. The van der Waals surface area contributed by atoms with Crippen LogP contribution in [-0.4, -0.2) is 54.4 Å². The first-order valence-corrected chi connectivity index (χ1v) is 10.7. The van der Waals surface area contributed by atoms with E-state index in [1.807, 2.05) is 0 Å². The summed E-state index contributed by atoms with van der Waals surface area (Å²) < 4.78 is 15.9. The first-order valence-electron chi connectivity index (χ1n) is 9.54. The van der Waals surface area contributed by atoms with E-state index in [2.05, 4.69) is 15.9 Å². The summed E-state index contributed by atoms with van der Waals surface area (Å²) in [5.41, 5.74) is 1.26. The van der Waals surface area contributed by atoms with Crippen molar-refractivity contribution in [3.8, 4) is 17.2 Å². The van der Waals surface area contributed by atoms with Crippen LogP contribution >= 0.6 is 28.1 Å². The highest BCUT2D eigenvalue weighted by Gasteiger charge is 2.40. The zero-order valence-electron chi connectivity index (χ0n) is 17.6. The molecule has 1 aliphatic rings. The van der Waals surface area contributed by atoms with E-state index in [-0.39, 0.29) is 28.9 Å². The fourth-order valence-electron chi connectivity index (χ4n) is 3.07. The SMILES string of the molecule is CCOc1cc(/C=C2/C(=O)N(c3ccc(OC)cc3)C(=S)N2CC(=O)OC)c(Br)cc1O. The highest BCUT2D eigenvalue weighted by Crippen LogP contribution is 2.36. The zero-order chi connectivity index (χ0) is 23.4. The second-order valence-electron chi connectivity index (χ2n) is 6.59. The molecule has 1 saturated heterocycles. The van der Waals surface area contributed by atoms with Crippen LogP contribution in [0.5, 0.6) is 17.2 Å². The number of amides is 1. The molecule has 1 amide bonds. The monoisotopic (exact) mass is 520 g/mol. The summed E-state index contributed by atoms with van der Waals surface area (Å²) >= 11 is 8.93. The van der Waals surface area contributed by atoms with E-state index in [0.717, 1.165) is 0 Å². The predicted octanol–water partition coefficient (Wildman–Crippen LogP) is 3.71. The molecule has 0 unspecified atom stereocenters. The Hall–Kier alpha value is -3.11. The van der Waals surface area contributed by atoms with Gasteiger partial charge in [-0.3, -0.25) is 14.5 Å². The van der Waals surface area contributed by atoms with Crippen molar-refractivity contribution in [1.29, 1.82) is 0 Å². The van der Waals surface area contributed by atoms with Crippen LogP contribution in [0.1, 0.15) is 12.5 Å². The van der Waals surface area contributed by atoms with Crippen LogP contribution in [0.15, 0.2) is 46.6 Å². The lowest BCUT2D eigenvalue weighted by atomic mass is 10.1. The number of benzene rings is 2. The maximum absolute atomic E-state index is 13.4. The maximum atomic E-state index is 13.4. The molecular formula is C22H21BrN2O6S. The van der Waals surface area contributed by atoms with Gasteiger partial charge in [0.05, 0.1) is 26.5 Å². The van der Waals surface area contributed by atoms with Gasteiger partial charge in [0.2, 0.25) is 0 Å². The number of methoxy groups -OCH3 is 2. The molecule has 0 saturated carbocycles. The minimum absolute atomic E-state index is 0.0413. The zero-order valence-corrected chi connectivity index (χ0v) is 20.0. The Morgan fingerprint density at radius 1 is 1.22 bits per heavy atom. The number of esters is 1. The highest BCUT2D eigenvalue weighted by molar-refractivity contribution is 9.10. The number of halogens is 1. The average molecular weight is 521 g/mol. The Kier molecular flexibility index (Phi) is 7.37. The van der Waals surface area contributed by atoms with Crippen molar-refractivity contribution in [2.75, 3.05) is 32.3 Å². The van der Waals surface area contributed by atoms with Crippen LogP contribution < -0.4 is 14.4 Å². The van der Waals surface area contributed by atoms with E-state index >= 15 is 0 Å². The number of thiocarbonyl (C=S) groups is 1. The predicted molar refractivity (Wildman–Crippen MR) is 127 cm³/mol. The third-order valence-corrected chi connectivity index (χ3v) is 5.74. The molecule has 1 fully saturated rings. The standard InChI is InChI=1S/C22H21BrN2O6S/c1-4-31-19-10-13(16(23)11-18(19)26)9-17-21(28)25(14-5-7-15(29-2)8-6-14)22(32)24(17)12-20(27)30-3/h5-11,26H,4,12H2,1-3H3/b17-9-. The lowest BCUT2D eigenvalue weighted by Crippen LogP contribution is -2.35. The number of carbonyl (C=O) groups is 2. The fraction of sp³-hybridized carbons (Fsp3) is 0.227. The molecule has 0 bridgehead atoms. The Bertz CT molecular complexity index is 1090. The van der Waals surface area contributed by atoms with E-state index in [9.17, 15) is 14.7 Å². The van der Waals surface area contributed by atoms with Crippen molar-refractivity contribution in [3.63, 3.8) is 0 Å². The van der Waals surface area contributed by atoms with E-state index in [1.165, 1.54) is 23.0 Å². The molecule has 0 aliphatic carbocycles. The van der Waals surface area contributed by atoms with Crippen molar-refractivity contribution in [1.82, 2.24) is 4.90 Å². The normalized spacial score (nSPS) is 14.8. The number of phenolic OH excluding ortho intramolecular Hbond substituents is 1. The molecule has 1 heterocycles. The topological polar surface area (TPSA) is 88.5 Å². The molecule has 168 valence electrons. The van der Waals surface area contributed by atoms with Gasteiger partial charge < -0.3 is 24.2 Å². The van der Waals surface area contributed by atoms with Gasteiger partial charge in [-0.05, 0) is 67.2 Å². The van der Waals surface area contributed by atoms with Crippen molar-refractivity contribution < 1.29 is 28.9 Å². The molecule has 0 aromatic heterocycles. The van der Waals surface area contributed by atoms with Gasteiger partial charge in [0.25, 0.3) is 5.91 Å². The minimum Gasteiger partial charge on any atom is -0.504 e. The average Bonchev–Trinajstić information content (AvgIpc) is 3.00. The number of anilines is 1. The summed E-state index contributed by atoms with van der Waals surface area (Å²) in [6.07, 6.45) is 1.58. The highest BCUT2D eigenvalue weighted by atomic mass is 79.9. The second-order valence-corrected chi connectivity index (χ2v) is 7.81. The van der Waals surface area contributed by atoms with Gasteiger partial charge in [-0.25, -0.2) is 0 Å². The van der Waals surface area contributed by atoms with E-state index < -0.39 is 11.9 Å². The molecule has 10 heteroatoms. The third-order valence-electron chi connectivity index (χ3n) is 4.65.